The fourth-order valence-electron chi connectivity index (χ4n) is 2.01. The first kappa shape index (κ1) is 17.1. The van der Waals surface area contributed by atoms with Crippen molar-refractivity contribution >= 4 is 17.6 Å². The first-order valence-corrected chi connectivity index (χ1v) is 6.92. The van der Waals surface area contributed by atoms with E-state index in [-0.39, 0.29) is 5.69 Å². The number of hydrogen-bond acceptors (Lipinski definition) is 7. The number of nitro groups is 1. The van der Waals surface area contributed by atoms with E-state index in [4.69, 9.17) is 14.2 Å². The maximum Gasteiger partial charge on any atom is 0.269 e. The predicted octanol–water partition coefficient (Wildman–Crippen LogP) is 3.07. The molecule has 2 aromatic carbocycles. The van der Waals surface area contributed by atoms with Gasteiger partial charge in [-0.1, -0.05) is 0 Å². The second kappa shape index (κ2) is 7.82. The maximum absolute atomic E-state index is 10.6. The van der Waals surface area contributed by atoms with Crippen LogP contribution in [0.15, 0.2) is 41.5 Å². The number of nitro benzene ring substituents is 1. The zero-order valence-corrected chi connectivity index (χ0v) is 13.5. The van der Waals surface area contributed by atoms with Crippen molar-refractivity contribution in [2.45, 2.75) is 0 Å². The van der Waals surface area contributed by atoms with Crippen molar-refractivity contribution < 1.29 is 19.1 Å². The van der Waals surface area contributed by atoms with E-state index >= 15 is 0 Å². The molecule has 0 amide bonds. The van der Waals surface area contributed by atoms with Crippen molar-refractivity contribution in [3.05, 3.63) is 52.1 Å². The molecule has 0 fully saturated rings. The van der Waals surface area contributed by atoms with Gasteiger partial charge in [0, 0.05) is 17.7 Å². The highest BCUT2D eigenvalue weighted by Gasteiger charge is 2.12. The lowest BCUT2D eigenvalue weighted by molar-refractivity contribution is -0.384. The number of hydrogen-bond donors (Lipinski definition) is 1. The minimum atomic E-state index is -0.455. The third-order valence-electron chi connectivity index (χ3n) is 3.17. The van der Waals surface area contributed by atoms with Crippen LogP contribution in [0.5, 0.6) is 17.2 Å². The molecular weight excluding hydrogens is 314 g/mol. The Morgan fingerprint density at radius 3 is 2.08 bits per heavy atom. The summed E-state index contributed by atoms with van der Waals surface area (Å²) in [5.41, 5.74) is 4.18. The van der Waals surface area contributed by atoms with Crippen molar-refractivity contribution in [1.29, 1.82) is 0 Å². The van der Waals surface area contributed by atoms with Crippen molar-refractivity contribution in [2.75, 3.05) is 26.8 Å². The Morgan fingerprint density at radius 1 is 1.04 bits per heavy atom. The molecular formula is C16H17N3O5. The van der Waals surface area contributed by atoms with Crippen molar-refractivity contribution in [3.8, 4) is 17.2 Å². The summed E-state index contributed by atoms with van der Waals surface area (Å²) in [5, 5.41) is 14.7. The first-order valence-electron chi connectivity index (χ1n) is 6.92. The number of hydrazone groups is 1. The summed E-state index contributed by atoms with van der Waals surface area (Å²) in [6, 6.07) is 9.45. The van der Waals surface area contributed by atoms with E-state index in [0.717, 1.165) is 5.56 Å². The molecule has 0 aliphatic rings. The lowest BCUT2D eigenvalue weighted by atomic mass is 10.2. The average molecular weight is 331 g/mol. The molecule has 1 N–H and O–H groups in total. The Balaban J connectivity index is 2.15. The van der Waals surface area contributed by atoms with E-state index in [0.29, 0.717) is 22.9 Å². The molecule has 0 aromatic heterocycles. The normalized spacial score (nSPS) is 10.5. The molecule has 0 heterocycles. The van der Waals surface area contributed by atoms with Gasteiger partial charge in [0.15, 0.2) is 11.5 Å². The second-order valence-electron chi connectivity index (χ2n) is 4.63. The standard InChI is InChI=1S/C16H17N3O5/c1-22-14-8-11(9-15(23-2)16(14)24-3)10-17-18-12-4-6-13(7-5-12)19(20)21/h4-10,18H,1-3H3/b17-10+. The molecule has 0 spiro atoms. The summed E-state index contributed by atoms with van der Waals surface area (Å²) in [7, 11) is 4.60. The minimum absolute atomic E-state index is 0.0224. The molecule has 0 saturated heterocycles. The lowest BCUT2D eigenvalue weighted by Gasteiger charge is -2.12. The summed E-state index contributed by atoms with van der Waals surface area (Å²) >= 11 is 0. The van der Waals surface area contributed by atoms with Gasteiger partial charge in [-0.05, 0) is 24.3 Å². The summed E-state index contributed by atoms with van der Waals surface area (Å²) < 4.78 is 15.8. The highest BCUT2D eigenvalue weighted by atomic mass is 16.6. The van der Waals surface area contributed by atoms with Crippen LogP contribution in [-0.2, 0) is 0 Å². The number of anilines is 1. The summed E-state index contributed by atoms with van der Waals surface area (Å²) in [5.74, 6) is 1.54. The number of benzene rings is 2. The van der Waals surface area contributed by atoms with Crippen LogP contribution in [0.4, 0.5) is 11.4 Å². The highest BCUT2D eigenvalue weighted by Crippen LogP contribution is 2.37. The number of ether oxygens (including phenoxy) is 3. The average Bonchev–Trinajstić information content (AvgIpc) is 2.61. The summed E-state index contributed by atoms with van der Waals surface area (Å²) in [6.07, 6.45) is 1.58. The number of nitrogens with zero attached hydrogens (tertiary/aromatic N) is 2. The number of rotatable bonds is 7. The smallest absolute Gasteiger partial charge is 0.269 e. The van der Waals surface area contributed by atoms with Gasteiger partial charge in [0.1, 0.15) is 0 Å². The van der Waals surface area contributed by atoms with Crippen molar-refractivity contribution in [3.63, 3.8) is 0 Å². The molecule has 24 heavy (non-hydrogen) atoms. The summed E-state index contributed by atoms with van der Waals surface area (Å²) in [6.45, 7) is 0. The lowest BCUT2D eigenvalue weighted by Crippen LogP contribution is -1.97. The van der Waals surface area contributed by atoms with E-state index in [2.05, 4.69) is 10.5 Å². The van der Waals surface area contributed by atoms with Gasteiger partial charge in [-0.15, -0.1) is 0 Å². The molecule has 0 aliphatic carbocycles. The van der Waals surface area contributed by atoms with Gasteiger partial charge in [0.05, 0.1) is 38.2 Å². The molecule has 0 atom stereocenters. The zero-order valence-electron chi connectivity index (χ0n) is 13.5. The van der Waals surface area contributed by atoms with Crippen LogP contribution in [0.3, 0.4) is 0 Å². The Labute approximate surface area is 138 Å². The third-order valence-corrected chi connectivity index (χ3v) is 3.17. The van der Waals surface area contributed by atoms with Crippen LogP contribution in [-0.4, -0.2) is 32.5 Å². The molecule has 2 rings (SSSR count). The molecule has 0 radical (unpaired) electrons. The number of methoxy groups -OCH3 is 3. The number of nitrogens with one attached hydrogen (secondary N) is 1. The van der Waals surface area contributed by atoms with Crippen LogP contribution in [0, 0.1) is 10.1 Å². The SMILES string of the molecule is COc1cc(/C=N/Nc2ccc([N+](=O)[O-])cc2)cc(OC)c1OC. The summed E-state index contributed by atoms with van der Waals surface area (Å²) in [4.78, 5) is 10.2. The van der Waals surface area contributed by atoms with Crippen LogP contribution in [0.2, 0.25) is 0 Å². The first-order chi connectivity index (χ1) is 11.6. The van der Waals surface area contributed by atoms with Gasteiger partial charge in [-0.3, -0.25) is 15.5 Å². The second-order valence-corrected chi connectivity index (χ2v) is 4.63. The monoisotopic (exact) mass is 331 g/mol. The quantitative estimate of drug-likeness (QED) is 0.476. The Bertz CT molecular complexity index is 719. The van der Waals surface area contributed by atoms with E-state index in [9.17, 15) is 10.1 Å². The molecule has 8 heteroatoms. The van der Waals surface area contributed by atoms with E-state index in [1.165, 1.54) is 33.5 Å². The van der Waals surface area contributed by atoms with Crippen LogP contribution >= 0.6 is 0 Å². The van der Waals surface area contributed by atoms with Gasteiger partial charge in [0.2, 0.25) is 5.75 Å². The molecule has 0 saturated carbocycles. The van der Waals surface area contributed by atoms with Gasteiger partial charge in [-0.2, -0.15) is 5.10 Å². The van der Waals surface area contributed by atoms with Gasteiger partial charge < -0.3 is 14.2 Å². The largest absolute Gasteiger partial charge is 0.493 e. The molecule has 8 nitrogen and oxygen atoms in total. The molecule has 0 aliphatic heterocycles. The highest BCUT2D eigenvalue weighted by molar-refractivity contribution is 5.83. The fourth-order valence-corrected chi connectivity index (χ4v) is 2.01. The molecule has 0 unspecified atom stereocenters. The zero-order chi connectivity index (χ0) is 17.5. The van der Waals surface area contributed by atoms with Gasteiger partial charge >= 0.3 is 0 Å². The fraction of sp³-hybridized carbons (Fsp3) is 0.188. The molecule has 126 valence electrons. The molecule has 2 aromatic rings. The Morgan fingerprint density at radius 2 is 1.62 bits per heavy atom. The Kier molecular flexibility index (Phi) is 5.56. The van der Waals surface area contributed by atoms with E-state index < -0.39 is 4.92 Å². The predicted molar refractivity (Wildman–Crippen MR) is 90.4 cm³/mol. The molecule has 0 bridgehead atoms. The van der Waals surface area contributed by atoms with Crippen LogP contribution in [0.1, 0.15) is 5.56 Å². The minimum Gasteiger partial charge on any atom is -0.493 e. The van der Waals surface area contributed by atoms with Gasteiger partial charge in [0.25, 0.3) is 5.69 Å². The van der Waals surface area contributed by atoms with Crippen LogP contribution < -0.4 is 19.6 Å². The maximum atomic E-state index is 10.6. The van der Waals surface area contributed by atoms with E-state index in [1.54, 1.807) is 30.5 Å². The van der Waals surface area contributed by atoms with Crippen molar-refractivity contribution in [1.82, 2.24) is 0 Å². The third kappa shape index (κ3) is 3.92. The van der Waals surface area contributed by atoms with Gasteiger partial charge in [-0.25, -0.2) is 0 Å². The van der Waals surface area contributed by atoms with Crippen LogP contribution in [0.25, 0.3) is 0 Å². The van der Waals surface area contributed by atoms with E-state index in [1.807, 2.05) is 0 Å². The van der Waals surface area contributed by atoms with Crippen molar-refractivity contribution in [2.24, 2.45) is 5.10 Å². The number of non-ortho nitro benzene ring substituents is 1. The Hall–Kier alpha value is -3.29. The topological polar surface area (TPSA) is 95.2 Å².